The number of nitrogens with zero attached hydrogens (tertiary/aromatic N) is 3. The molecule has 0 saturated carbocycles. The first-order valence-electron chi connectivity index (χ1n) is 9.00. The molecule has 3 rings (SSSR count). The molecule has 0 unspecified atom stereocenters. The number of hydrogen-bond acceptors (Lipinski definition) is 6. The molecule has 0 spiro atoms. The molecule has 2 N–H and O–H groups in total. The Kier molecular flexibility index (Phi) is 5.58. The number of carbonyl (C=O) groups is 2. The van der Waals surface area contributed by atoms with E-state index >= 15 is 0 Å². The highest BCUT2D eigenvalue weighted by molar-refractivity contribution is 6.05. The Morgan fingerprint density at radius 2 is 2.07 bits per heavy atom. The van der Waals surface area contributed by atoms with Gasteiger partial charge in [-0.2, -0.15) is 5.10 Å². The van der Waals surface area contributed by atoms with Gasteiger partial charge in [-0.3, -0.25) is 9.48 Å². The highest BCUT2D eigenvalue weighted by Gasteiger charge is 2.20. The minimum absolute atomic E-state index is 0.150. The predicted molar refractivity (Wildman–Crippen MR) is 106 cm³/mol. The SMILES string of the molecule is CCOC(=O)c1cnc2c(c(C)nn2C)c1NCc1cccc(C(=O)NC)c1. The highest BCUT2D eigenvalue weighted by atomic mass is 16.5. The van der Waals surface area contributed by atoms with E-state index < -0.39 is 5.97 Å². The van der Waals surface area contributed by atoms with Gasteiger partial charge in [0, 0.05) is 32.4 Å². The van der Waals surface area contributed by atoms with Crippen molar-refractivity contribution in [3.63, 3.8) is 0 Å². The lowest BCUT2D eigenvalue weighted by molar-refractivity contribution is 0.0527. The maximum absolute atomic E-state index is 12.4. The molecule has 0 aliphatic heterocycles. The summed E-state index contributed by atoms with van der Waals surface area (Å²) in [5.74, 6) is -0.592. The third-order valence-electron chi connectivity index (χ3n) is 4.41. The van der Waals surface area contributed by atoms with Gasteiger partial charge in [-0.25, -0.2) is 9.78 Å². The quantitative estimate of drug-likeness (QED) is 0.637. The Hall–Kier alpha value is -3.42. The van der Waals surface area contributed by atoms with Crippen molar-refractivity contribution >= 4 is 28.6 Å². The van der Waals surface area contributed by atoms with E-state index in [1.807, 2.05) is 32.2 Å². The summed E-state index contributed by atoms with van der Waals surface area (Å²) in [4.78, 5) is 28.7. The van der Waals surface area contributed by atoms with Gasteiger partial charge in [0.1, 0.15) is 5.56 Å². The largest absolute Gasteiger partial charge is 0.462 e. The number of fused-ring (bicyclic) bond motifs is 1. The molecular formula is C20H23N5O3. The monoisotopic (exact) mass is 381 g/mol. The number of ether oxygens (including phenoxy) is 1. The van der Waals surface area contributed by atoms with Gasteiger partial charge >= 0.3 is 5.97 Å². The number of nitrogens with one attached hydrogen (secondary N) is 2. The molecule has 8 nitrogen and oxygen atoms in total. The second-order valence-electron chi connectivity index (χ2n) is 6.31. The number of hydrogen-bond donors (Lipinski definition) is 2. The summed E-state index contributed by atoms with van der Waals surface area (Å²) < 4.78 is 6.86. The number of amides is 1. The van der Waals surface area contributed by atoms with Gasteiger partial charge in [-0.05, 0) is 31.5 Å². The van der Waals surface area contributed by atoms with Gasteiger partial charge in [-0.15, -0.1) is 0 Å². The molecule has 0 aliphatic rings. The first-order valence-corrected chi connectivity index (χ1v) is 9.00. The molecule has 8 heteroatoms. The standard InChI is InChI=1S/C20H23N5O3/c1-5-28-20(27)15-11-23-18-16(12(2)24-25(18)4)17(15)22-10-13-7-6-8-14(9-13)19(26)21-3/h6-9,11H,5,10H2,1-4H3,(H,21,26)(H,22,23). The Balaban J connectivity index is 2.00. The van der Waals surface area contributed by atoms with E-state index in [1.54, 1.807) is 24.7 Å². The summed E-state index contributed by atoms with van der Waals surface area (Å²) >= 11 is 0. The van der Waals surface area contributed by atoms with E-state index in [2.05, 4.69) is 20.7 Å². The van der Waals surface area contributed by atoms with Crippen LogP contribution in [0.4, 0.5) is 5.69 Å². The summed E-state index contributed by atoms with van der Waals surface area (Å²) in [6, 6.07) is 7.30. The van der Waals surface area contributed by atoms with E-state index in [1.165, 1.54) is 6.20 Å². The summed E-state index contributed by atoms with van der Waals surface area (Å²) in [5.41, 5.74) is 3.89. The summed E-state index contributed by atoms with van der Waals surface area (Å²) in [5, 5.41) is 11.1. The molecule has 2 heterocycles. The number of pyridine rings is 1. The van der Waals surface area contributed by atoms with Crippen LogP contribution in [0.25, 0.3) is 11.0 Å². The second kappa shape index (κ2) is 8.08. The lowest BCUT2D eigenvalue weighted by atomic mass is 10.1. The fourth-order valence-corrected chi connectivity index (χ4v) is 3.12. The lowest BCUT2D eigenvalue weighted by Gasteiger charge is -2.13. The maximum atomic E-state index is 12.4. The molecular weight excluding hydrogens is 358 g/mol. The second-order valence-corrected chi connectivity index (χ2v) is 6.31. The van der Waals surface area contributed by atoms with Crippen LogP contribution in [-0.4, -0.2) is 40.3 Å². The minimum atomic E-state index is -0.443. The maximum Gasteiger partial charge on any atom is 0.341 e. The van der Waals surface area contributed by atoms with Crippen molar-refractivity contribution in [2.45, 2.75) is 20.4 Å². The fraction of sp³-hybridized carbons (Fsp3) is 0.300. The van der Waals surface area contributed by atoms with Crippen molar-refractivity contribution in [2.75, 3.05) is 19.0 Å². The van der Waals surface area contributed by atoms with Crippen LogP contribution in [0, 0.1) is 6.92 Å². The Bertz CT molecular complexity index is 1040. The topological polar surface area (TPSA) is 98.1 Å². The summed E-state index contributed by atoms with van der Waals surface area (Å²) in [7, 11) is 3.40. The van der Waals surface area contributed by atoms with Gasteiger partial charge in [0.05, 0.1) is 23.4 Å². The lowest BCUT2D eigenvalue weighted by Crippen LogP contribution is -2.18. The summed E-state index contributed by atoms with van der Waals surface area (Å²) in [6.07, 6.45) is 1.50. The van der Waals surface area contributed by atoms with E-state index in [0.29, 0.717) is 29.0 Å². The van der Waals surface area contributed by atoms with E-state index in [0.717, 1.165) is 16.6 Å². The zero-order valence-corrected chi connectivity index (χ0v) is 16.4. The molecule has 3 aromatic rings. The molecule has 0 atom stereocenters. The Labute approximate surface area is 162 Å². The number of carbonyl (C=O) groups excluding carboxylic acids is 2. The number of aromatic nitrogens is 3. The van der Waals surface area contributed by atoms with Gasteiger partial charge in [0.25, 0.3) is 5.91 Å². The summed E-state index contributed by atoms with van der Waals surface area (Å²) in [6.45, 7) is 4.33. The van der Waals surface area contributed by atoms with Crippen LogP contribution in [0.2, 0.25) is 0 Å². The number of anilines is 1. The van der Waals surface area contributed by atoms with Crippen LogP contribution < -0.4 is 10.6 Å². The molecule has 1 aromatic carbocycles. The van der Waals surface area contributed by atoms with E-state index in [-0.39, 0.29) is 12.5 Å². The molecule has 0 aliphatic carbocycles. The molecule has 146 valence electrons. The third kappa shape index (κ3) is 3.66. The van der Waals surface area contributed by atoms with Crippen LogP contribution in [-0.2, 0) is 18.3 Å². The molecule has 28 heavy (non-hydrogen) atoms. The first-order chi connectivity index (χ1) is 13.5. The van der Waals surface area contributed by atoms with Crippen LogP contribution in [0.15, 0.2) is 30.5 Å². The third-order valence-corrected chi connectivity index (χ3v) is 4.41. The van der Waals surface area contributed by atoms with Gasteiger partial charge in [-0.1, -0.05) is 12.1 Å². The molecule has 0 saturated heterocycles. The number of aryl methyl sites for hydroxylation is 2. The van der Waals surface area contributed by atoms with Crippen molar-refractivity contribution in [1.82, 2.24) is 20.1 Å². The molecule has 0 bridgehead atoms. The highest BCUT2D eigenvalue weighted by Crippen LogP contribution is 2.29. The number of esters is 1. The average Bonchev–Trinajstić information content (AvgIpc) is 2.99. The van der Waals surface area contributed by atoms with Crippen LogP contribution in [0.5, 0.6) is 0 Å². The molecule has 0 fully saturated rings. The predicted octanol–water partition coefficient (Wildman–Crippen LogP) is 2.43. The smallest absolute Gasteiger partial charge is 0.341 e. The van der Waals surface area contributed by atoms with Crippen molar-refractivity contribution in [1.29, 1.82) is 0 Å². The molecule has 2 aromatic heterocycles. The Morgan fingerprint density at radius 3 is 2.79 bits per heavy atom. The van der Waals surface area contributed by atoms with Crippen molar-refractivity contribution in [3.05, 3.63) is 52.8 Å². The van der Waals surface area contributed by atoms with Crippen LogP contribution in [0.3, 0.4) is 0 Å². The zero-order valence-electron chi connectivity index (χ0n) is 16.4. The first kappa shape index (κ1) is 19.3. The molecule has 1 amide bonds. The van der Waals surface area contributed by atoms with Crippen LogP contribution >= 0.6 is 0 Å². The van der Waals surface area contributed by atoms with Crippen molar-refractivity contribution < 1.29 is 14.3 Å². The zero-order chi connectivity index (χ0) is 20.3. The average molecular weight is 381 g/mol. The fourth-order valence-electron chi connectivity index (χ4n) is 3.12. The Morgan fingerprint density at radius 1 is 1.29 bits per heavy atom. The number of rotatable bonds is 6. The van der Waals surface area contributed by atoms with Gasteiger partial charge < -0.3 is 15.4 Å². The number of benzene rings is 1. The van der Waals surface area contributed by atoms with Crippen molar-refractivity contribution in [3.8, 4) is 0 Å². The van der Waals surface area contributed by atoms with E-state index in [4.69, 9.17) is 4.74 Å². The minimum Gasteiger partial charge on any atom is -0.462 e. The van der Waals surface area contributed by atoms with Gasteiger partial charge in [0.15, 0.2) is 5.65 Å². The van der Waals surface area contributed by atoms with Gasteiger partial charge in [0.2, 0.25) is 0 Å². The van der Waals surface area contributed by atoms with Crippen molar-refractivity contribution in [2.24, 2.45) is 7.05 Å². The van der Waals surface area contributed by atoms with E-state index in [9.17, 15) is 9.59 Å². The van der Waals surface area contributed by atoms with Crippen LogP contribution in [0.1, 0.15) is 38.9 Å². The molecule has 0 radical (unpaired) electrons. The normalized spacial score (nSPS) is 10.7.